The van der Waals surface area contributed by atoms with Gasteiger partial charge in [-0.2, -0.15) is 0 Å². The molecule has 1 aliphatic heterocycles. The van der Waals surface area contributed by atoms with Crippen molar-refractivity contribution < 1.29 is 23.5 Å². The first-order valence-corrected chi connectivity index (χ1v) is 12.8. The molecular formula is C27H34ClN3O5. The molecule has 4 atom stereocenters. The number of hydrogen-bond donors (Lipinski definition) is 1. The van der Waals surface area contributed by atoms with E-state index in [9.17, 15) is 14.4 Å². The van der Waals surface area contributed by atoms with Crippen molar-refractivity contribution in [3.05, 3.63) is 47.2 Å². The number of carbonyl (C=O) groups is 3. The Bertz CT molecular complexity index is 1100. The second-order valence-corrected chi connectivity index (χ2v) is 10.4. The van der Waals surface area contributed by atoms with Crippen molar-refractivity contribution >= 4 is 29.4 Å². The van der Waals surface area contributed by atoms with E-state index in [0.29, 0.717) is 36.2 Å². The average Bonchev–Trinajstić information content (AvgIpc) is 3.51. The Hall–Kier alpha value is -2.84. The van der Waals surface area contributed by atoms with Crippen molar-refractivity contribution in [2.45, 2.75) is 63.7 Å². The Labute approximate surface area is 216 Å². The molecule has 1 aromatic heterocycles. The minimum Gasteiger partial charge on any atom is -0.469 e. The maximum Gasteiger partial charge on any atom is 0.310 e. The minimum absolute atomic E-state index is 0.135. The predicted molar refractivity (Wildman–Crippen MR) is 137 cm³/mol. The zero-order chi connectivity index (χ0) is 26.0. The standard InChI is InChI=1S/C27H34ClN3O5/c1-16(2)30(3)19-9-10-22(20(15-19)27(34)35-4)31-14-13-21(26(31)33)29-25(32)24-12-11-23(36-24)17-5-7-18(28)8-6-17/h5-8,11-12,16,19-22H,9-10,13-15H2,1-4H3,(H,29,32)/t19-,20+,21?,22+/m1/s1. The Kier molecular flexibility index (Phi) is 8.05. The summed E-state index contributed by atoms with van der Waals surface area (Å²) in [5.41, 5.74) is 0.800. The summed E-state index contributed by atoms with van der Waals surface area (Å²) in [6.45, 7) is 4.75. The number of nitrogens with one attached hydrogen (secondary N) is 1. The first-order chi connectivity index (χ1) is 17.2. The van der Waals surface area contributed by atoms with Crippen molar-refractivity contribution in [1.29, 1.82) is 0 Å². The van der Waals surface area contributed by atoms with Gasteiger partial charge in [-0.1, -0.05) is 11.6 Å². The van der Waals surface area contributed by atoms with Crippen molar-refractivity contribution in [2.24, 2.45) is 5.92 Å². The van der Waals surface area contributed by atoms with Gasteiger partial charge in [0.05, 0.1) is 13.0 Å². The summed E-state index contributed by atoms with van der Waals surface area (Å²) in [5.74, 6) is -0.603. The van der Waals surface area contributed by atoms with Crippen LogP contribution in [0.1, 0.15) is 50.1 Å². The van der Waals surface area contributed by atoms with Crippen LogP contribution in [-0.2, 0) is 14.3 Å². The number of nitrogens with zero attached hydrogens (tertiary/aromatic N) is 2. The summed E-state index contributed by atoms with van der Waals surface area (Å²) in [7, 11) is 3.47. The Morgan fingerprint density at radius 1 is 1.14 bits per heavy atom. The number of hydrogen-bond acceptors (Lipinski definition) is 6. The van der Waals surface area contributed by atoms with E-state index in [2.05, 4.69) is 31.1 Å². The van der Waals surface area contributed by atoms with Gasteiger partial charge in [0.25, 0.3) is 5.91 Å². The van der Waals surface area contributed by atoms with Gasteiger partial charge in [0.15, 0.2) is 5.76 Å². The SMILES string of the molecule is COC(=O)[C@H]1C[C@H](N(C)C(C)C)CC[C@@H]1N1CCC(NC(=O)c2ccc(-c3ccc(Cl)cc3)o2)C1=O. The number of halogens is 1. The van der Waals surface area contributed by atoms with E-state index in [1.54, 1.807) is 29.2 Å². The fourth-order valence-corrected chi connectivity index (χ4v) is 5.45. The zero-order valence-corrected chi connectivity index (χ0v) is 22.0. The van der Waals surface area contributed by atoms with E-state index in [1.807, 2.05) is 12.1 Å². The van der Waals surface area contributed by atoms with Crippen LogP contribution < -0.4 is 5.32 Å². The topological polar surface area (TPSA) is 92.1 Å². The smallest absolute Gasteiger partial charge is 0.310 e. The molecule has 2 aliphatic rings. The molecule has 2 aromatic rings. The molecule has 9 heteroatoms. The molecule has 1 saturated heterocycles. The average molecular weight is 516 g/mol. The quantitative estimate of drug-likeness (QED) is 0.561. The number of furan rings is 1. The third kappa shape index (κ3) is 5.44. The molecule has 1 unspecified atom stereocenters. The molecule has 1 aliphatic carbocycles. The van der Waals surface area contributed by atoms with Gasteiger partial charge in [0.1, 0.15) is 11.8 Å². The third-order valence-corrected chi connectivity index (χ3v) is 7.84. The van der Waals surface area contributed by atoms with Crippen LogP contribution in [0.3, 0.4) is 0 Å². The van der Waals surface area contributed by atoms with Crippen LogP contribution in [0.4, 0.5) is 0 Å². The van der Waals surface area contributed by atoms with Crippen LogP contribution in [0.15, 0.2) is 40.8 Å². The highest BCUT2D eigenvalue weighted by Crippen LogP contribution is 2.35. The van der Waals surface area contributed by atoms with Crippen LogP contribution in [0, 0.1) is 5.92 Å². The molecule has 8 nitrogen and oxygen atoms in total. The molecule has 0 spiro atoms. The molecule has 2 heterocycles. The van der Waals surface area contributed by atoms with Crippen molar-refractivity contribution in [1.82, 2.24) is 15.1 Å². The third-order valence-electron chi connectivity index (χ3n) is 7.58. The van der Waals surface area contributed by atoms with Gasteiger partial charge in [-0.3, -0.25) is 14.4 Å². The molecule has 194 valence electrons. The summed E-state index contributed by atoms with van der Waals surface area (Å²) >= 11 is 5.94. The molecule has 1 aromatic carbocycles. The van der Waals surface area contributed by atoms with Gasteiger partial charge in [-0.25, -0.2) is 0 Å². The first-order valence-electron chi connectivity index (χ1n) is 12.5. The lowest BCUT2D eigenvalue weighted by atomic mass is 9.80. The van der Waals surface area contributed by atoms with Crippen molar-refractivity contribution in [2.75, 3.05) is 20.7 Å². The molecule has 1 N–H and O–H groups in total. The van der Waals surface area contributed by atoms with Crippen LogP contribution in [0.5, 0.6) is 0 Å². The lowest BCUT2D eigenvalue weighted by Gasteiger charge is -2.43. The maximum atomic E-state index is 13.3. The summed E-state index contributed by atoms with van der Waals surface area (Å²) in [6.07, 6.45) is 2.74. The number of benzene rings is 1. The number of methoxy groups -OCH3 is 1. The Morgan fingerprint density at radius 2 is 1.86 bits per heavy atom. The van der Waals surface area contributed by atoms with Crippen LogP contribution >= 0.6 is 11.6 Å². The van der Waals surface area contributed by atoms with Gasteiger partial charge in [-0.15, -0.1) is 0 Å². The second kappa shape index (κ2) is 11.0. The number of carbonyl (C=O) groups excluding carboxylic acids is 3. The zero-order valence-electron chi connectivity index (χ0n) is 21.2. The van der Waals surface area contributed by atoms with Crippen molar-refractivity contribution in [3.8, 4) is 11.3 Å². The van der Waals surface area contributed by atoms with Gasteiger partial charge in [0, 0.05) is 35.3 Å². The fraction of sp³-hybridized carbons (Fsp3) is 0.519. The second-order valence-electron chi connectivity index (χ2n) is 9.94. The Balaban J connectivity index is 1.41. The van der Waals surface area contributed by atoms with Crippen molar-refractivity contribution in [3.63, 3.8) is 0 Å². The molecule has 0 radical (unpaired) electrons. The summed E-state index contributed by atoms with van der Waals surface area (Å²) in [5, 5.41) is 3.43. The van der Waals surface area contributed by atoms with Gasteiger partial charge in [-0.05, 0) is 83.0 Å². The molecule has 2 amide bonds. The molecule has 2 fully saturated rings. The van der Waals surface area contributed by atoms with Crippen LogP contribution in [0.2, 0.25) is 5.02 Å². The van der Waals surface area contributed by atoms with E-state index in [1.165, 1.54) is 7.11 Å². The van der Waals surface area contributed by atoms with E-state index in [0.717, 1.165) is 18.4 Å². The largest absolute Gasteiger partial charge is 0.469 e. The molecule has 1 saturated carbocycles. The van der Waals surface area contributed by atoms with Crippen LogP contribution in [-0.4, -0.2) is 72.5 Å². The number of amides is 2. The Morgan fingerprint density at radius 3 is 2.53 bits per heavy atom. The molecule has 0 bridgehead atoms. The van der Waals surface area contributed by atoms with E-state index in [4.69, 9.17) is 20.8 Å². The summed E-state index contributed by atoms with van der Waals surface area (Å²) in [6, 6.07) is 10.2. The van der Waals surface area contributed by atoms with Gasteiger partial charge >= 0.3 is 5.97 Å². The molecule has 36 heavy (non-hydrogen) atoms. The lowest BCUT2D eigenvalue weighted by molar-refractivity contribution is -0.152. The monoisotopic (exact) mass is 515 g/mol. The number of esters is 1. The van der Waals surface area contributed by atoms with Crippen LogP contribution in [0.25, 0.3) is 11.3 Å². The number of ether oxygens (including phenoxy) is 1. The van der Waals surface area contributed by atoms with Gasteiger partial charge in [0.2, 0.25) is 5.91 Å². The minimum atomic E-state index is -0.657. The highest BCUT2D eigenvalue weighted by molar-refractivity contribution is 6.30. The maximum absolute atomic E-state index is 13.3. The van der Waals surface area contributed by atoms with Gasteiger partial charge < -0.3 is 24.3 Å². The lowest BCUT2D eigenvalue weighted by Crippen LogP contribution is -2.53. The number of rotatable bonds is 7. The van der Waals surface area contributed by atoms with E-state index >= 15 is 0 Å². The highest BCUT2D eigenvalue weighted by Gasteiger charge is 2.45. The molecular weight excluding hydrogens is 482 g/mol. The highest BCUT2D eigenvalue weighted by atomic mass is 35.5. The predicted octanol–water partition coefficient (Wildman–Crippen LogP) is 3.98. The first kappa shape index (κ1) is 26.2. The summed E-state index contributed by atoms with van der Waals surface area (Å²) < 4.78 is 10.8. The van der Waals surface area contributed by atoms with E-state index < -0.39 is 11.9 Å². The summed E-state index contributed by atoms with van der Waals surface area (Å²) in [4.78, 5) is 42.9. The fourth-order valence-electron chi connectivity index (χ4n) is 5.33. The normalized spacial score (nSPS) is 24.4. The molecule has 4 rings (SSSR count). The number of likely N-dealkylation sites (tertiary alicyclic amines) is 1. The van der Waals surface area contributed by atoms with E-state index in [-0.39, 0.29) is 35.6 Å².